The summed E-state index contributed by atoms with van der Waals surface area (Å²) in [5, 5.41) is 17.0. The number of oxime groups is 1. The van der Waals surface area contributed by atoms with E-state index in [1.807, 2.05) is 0 Å². The van der Waals surface area contributed by atoms with Crippen molar-refractivity contribution in [3.05, 3.63) is 11.1 Å². The number of esters is 1. The highest BCUT2D eigenvalue weighted by atomic mass is 32.1. The standard InChI is InChI=1S/C17H24N4O6S/c1-2-26-14(24)13(11-9-28-15(18)20-11)21-27-16(25)19-10-17(8-12(22)23)6-4-3-5-7-17/h9H,2-8,10H2,1H3,(H2,18,20)(H,19,25)(H,22,23). The fourth-order valence-corrected chi connectivity index (χ4v) is 3.75. The van der Waals surface area contributed by atoms with Crippen molar-refractivity contribution in [2.24, 2.45) is 10.6 Å². The van der Waals surface area contributed by atoms with Crippen LogP contribution >= 0.6 is 11.3 Å². The van der Waals surface area contributed by atoms with Gasteiger partial charge in [-0.1, -0.05) is 24.4 Å². The van der Waals surface area contributed by atoms with E-state index in [9.17, 15) is 19.5 Å². The predicted octanol–water partition coefficient (Wildman–Crippen LogP) is 2.14. The van der Waals surface area contributed by atoms with Gasteiger partial charge in [-0.3, -0.25) is 9.63 Å². The summed E-state index contributed by atoms with van der Waals surface area (Å²) in [7, 11) is 0. The Labute approximate surface area is 166 Å². The highest BCUT2D eigenvalue weighted by molar-refractivity contribution is 7.13. The van der Waals surface area contributed by atoms with Gasteiger partial charge in [0.1, 0.15) is 5.69 Å². The molecule has 1 amide bonds. The molecular formula is C17H24N4O6S. The Hall–Kier alpha value is -2.69. The maximum Gasteiger partial charge on any atom is 0.433 e. The Balaban J connectivity index is 2.02. The number of carbonyl (C=O) groups is 3. The number of carboxylic acid groups (broad SMARTS) is 1. The summed E-state index contributed by atoms with van der Waals surface area (Å²) < 4.78 is 4.89. The number of nitrogens with one attached hydrogen (secondary N) is 1. The number of nitrogen functional groups attached to an aromatic ring is 1. The van der Waals surface area contributed by atoms with E-state index in [0.717, 1.165) is 43.4 Å². The zero-order valence-corrected chi connectivity index (χ0v) is 16.4. The van der Waals surface area contributed by atoms with E-state index in [2.05, 4.69) is 15.5 Å². The number of carbonyl (C=O) groups excluding carboxylic acids is 2. The molecule has 0 spiro atoms. The van der Waals surface area contributed by atoms with Crippen LogP contribution in [0.4, 0.5) is 9.93 Å². The van der Waals surface area contributed by atoms with Crippen LogP contribution in [-0.2, 0) is 19.2 Å². The van der Waals surface area contributed by atoms with Crippen molar-refractivity contribution in [3.63, 3.8) is 0 Å². The van der Waals surface area contributed by atoms with Gasteiger partial charge < -0.3 is 20.9 Å². The largest absolute Gasteiger partial charge is 0.481 e. The molecule has 10 nitrogen and oxygen atoms in total. The molecule has 154 valence electrons. The van der Waals surface area contributed by atoms with E-state index in [4.69, 9.17) is 15.3 Å². The Morgan fingerprint density at radius 3 is 2.64 bits per heavy atom. The quantitative estimate of drug-likeness (QED) is 0.254. The lowest BCUT2D eigenvalue weighted by atomic mass is 9.72. The number of aliphatic carboxylic acids is 1. The predicted molar refractivity (Wildman–Crippen MR) is 102 cm³/mol. The van der Waals surface area contributed by atoms with Crippen molar-refractivity contribution in [2.75, 3.05) is 18.9 Å². The lowest BCUT2D eigenvalue weighted by Crippen LogP contribution is -2.40. The van der Waals surface area contributed by atoms with Gasteiger partial charge in [-0.05, 0) is 25.2 Å². The topological polar surface area (TPSA) is 153 Å². The van der Waals surface area contributed by atoms with E-state index in [0.29, 0.717) is 0 Å². The number of hydrogen-bond acceptors (Lipinski definition) is 9. The summed E-state index contributed by atoms with van der Waals surface area (Å²) in [6.45, 7) is 1.90. The van der Waals surface area contributed by atoms with Crippen molar-refractivity contribution in [1.82, 2.24) is 10.3 Å². The second-order valence-corrected chi connectivity index (χ2v) is 7.48. The molecule has 1 aliphatic rings. The summed E-state index contributed by atoms with van der Waals surface area (Å²) >= 11 is 1.10. The Kier molecular flexibility index (Phi) is 7.73. The van der Waals surface area contributed by atoms with Gasteiger partial charge in [0.05, 0.1) is 13.0 Å². The number of nitrogens with zero attached hydrogens (tertiary/aromatic N) is 2. The SMILES string of the molecule is CCOC(=O)C(=NOC(=O)NCC1(CC(=O)O)CCCCC1)c1csc(N)n1. The number of aromatic nitrogens is 1. The fourth-order valence-electron chi connectivity index (χ4n) is 3.20. The first kappa shape index (κ1) is 21.6. The van der Waals surface area contributed by atoms with Gasteiger partial charge in [-0.2, -0.15) is 0 Å². The van der Waals surface area contributed by atoms with Gasteiger partial charge >= 0.3 is 18.0 Å². The molecule has 0 radical (unpaired) electrons. The summed E-state index contributed by atoms with van der Waals surface area (Å²) in [5.74, 6) is -1.70. The Morgan fingerprint density at radius 1 is 1.36 bits per heavy atom. The van der Waals surface area contributed by atoms with Crippen molar-refractivity contribution in [1.29, 1.82) is 0 Å². The molecule has 1 aromatic heterocycles. The van der Waals surface area contributed by atoms with E-state index < -0.39 is 23.4 Å². The van der Waals surface area contributed by atoms with Gasteiger partial charge in [-0.15, -0.1) is 11.3 Å². The number of hydrogen-bond donors (Lipinski definition) is 3. The van der Waals surface area contributed by atoms with Gasteiger partial charge in [0.25, 0.3) is 0 Å². The smallest absolute Gasteiger partial charge is 0.433 e. The molecule has 1 aromatic rings. The number of nitrogens with two attached hydrogens (primary N) is 1. The van der Waals surface area contributed by atoms with Crippen LogP contribution in [0.15, 0.2) is 10.5 Å². The lowest BCUT2D eigenvalue weighted by Gasteiger charge is -2.35. The van der Waals surface area contributed by atoms with Gasteiger partial charge in [-0.25, -0.2) is 14.6 Å². The zero-order chi connectivity index (χ0) is 20.6. The summed E-state index contributed by atoms with van der Waals surface area (Å²) in [4.78, 5) is 44.0. The average molecular weight is 412 g/mol. The first-order chi connectivity index (χ1) is 13.3. The molecule has 0 aromatic carbocycles. The Bertz CT molecular complexity index is 742. The molecule has 0 atom stereocenters. The summed E-state index contributed by atoms with van der Waals surface area (Å²) in [5.41, 5.74) is 4.93. The van der Waals surface area contributed by atoms with Gasteiger partial charge in [0, 0.05) is 11.9 Å². The van der Waals surface area contributed by atoms with Crippen LogP contribution in [0, 0.1) is 5.41 Å². The molecule has 28 heavy (non-hydrogen) atoms. The third kappa shape index (κ3) is 6.19. The first-order valence-electron chi connectivity index (χ1n) is 8.98. The lowest BCUT2D eigenvalue weighted by molar-refractivity contribution is -0.140. The molecular weight excluding hydrogens is 388 g/mol. The maximum absolute atomic E-state index is 12.1. The molecule has 1 fully saturated rings. The van der Waals surface area contributed by atoms with Crippen LogP contribution in [0.25, 0.3) is 0 Å². The van der Waals surface area contributed by atoms with Crippen molar-refractivity contribution >= 4 is 40.2 Å². The van der Waals surface area contributed by atoms with Crippen LogP contribution in [-0.4, -0.2) is 47.0 Å². The summed E-state index contributed by atoms with van der Waals surface area (Å²) in [6.07, 6.45) is 3.41. The maximum atomic E-state index is 12.1. The fraction of sp³-hybridized carbons (Fsp3) is 0.588. The third-order valence-corrected chi connectivity index (χ3v) is 5.18. The van der Waals surface area contributed by atoms with Crippen molar-refractivity contribution < 1.29 is 29.1 Å². The van der Waals surface area contributed by atoms with E-state index in [-0.39, 0.29) is 36.1 Å². The number of thiazole rings is 1. The number of rotatable bonds is 8. The molecule has 4 N–H and O–H groups in total. The molecule has 2 rings (SSSR count). The molecule has 0 saturated heterocycles. The van der Waals surface area contributed by atoms with Crippen LogP contribution in [0.2, 0.25) is 0 Å². The molecule has 11 heteroatoms. The zero-order valence-electron chi connectivity index (χ0n) is 15.6. The molecule has 0 bridgehead atoms. The van der Waals surface area contributed by atoms with Crippen LogP contribution in [0.3, 0.4) is 0 Å². The first-order valence-corrected chi connectivity index (χ1v) is 9.86. The van der Waals surface area contributed by atoms with Crippen molar-refractivity contribution in [3.8, 4) is 0 Å². The van der Waals surface area contributed by atoms with Crippen LogP contribution < -0.4 is 11.1 Å². The minimum Gasteiger partial charge on any atom is -0.481 e. The second-order valence-electron chi connectivity index (χ2n) is 6.59. The summed E-state index contributed by atoms with van der Waals surface area (Å²) in [6, 6.07) is 0. The third-order valence-electron chi connectivity index (χ3n) is 4.50. The molecule has 1 aliphatic carbocycles. The monoisotopic (exact) mass is 412 g/mol. The molecule has 0 unspecified atom stereocenters. The van der Waals surface area contributed by atoms with Crippen LogP contribution in [0.1, 0.15) is 51.1 Å². The van der Waals surface area contributed by atoms with E-state index >= 15 is 0 Å². The minimum absolute atomic E-state index is 0.0251. The van der Waals surface area contributed by atoms with Crippen LogP contribution in [0.5, 0.6) is 0 Å². The Morgan fingerprint density at radius 2 is 2.07 bits per heavy atom. The van der Waals surface area contributed by atoms with Gasteiger partial charge in [0.15, 0.2) is 5.13 Å². The highest BCUT2D eigenvalue weighted by Crippen LogP contribution is 2.38. The van der Waals surface area contributed by atoms with Crippen molar-refractivity contribution in [2.45, 2.75) is 45.4 Å². The molecule has 1 heterocycles. The van der Waals surface area contributed by atoms with E-state index in [1.165, 1.54) is 5.38 Å². The number of carboxylic acids is 1. The highest BCUT2D eigenvalue weighted by Gasteiger charge is 2.35. The normalized spacial score (nSPS) is 16.2. The number of ether oxygens (including phenoxy) is 1. The molecule has 1 saturated carbocycles. The molecule has 0 aliphatic heterocycles. The second kappa shape index (κ2) is 10.0. The van der Waals surface area contributed by atoms with E-state index in [1.54, 1.807) is 6.92 Å². The number of anilines is 1. The number of amides is 1. The average Bonchev–Trinajstić information content (AvgIpc) is 3.07. The minimum atomic E-state index is -0.902. The van der Waals surface area contributed by atoms with Gasteiger partial charge in [0.2, 0.25) is 5.71 Å².